The van der Waals surface area contributed by atoms with Crippen LogP contribution in [0.4, 0.5) is 0 Å². The van der Waals surface area contributed by atoms with Crippen LogP contribution in [0.5, 0.6) is 5.75 Å². The minimum atomic E-state index is -0.910. The van der Waals surface area contributed by atoms with Crippen LogP contribution < -0.4 is 4.74 Å². The van der Waals surface area contributed by atoms with Crippen LogP contribution >= 0.6 is 11.3 Å². The van der Waals surface area contributed by atoms with E-state index in [2.05, 4.69) is 32.2 Å². The zero-order valence-corrected chi connectivity index (χ0v) is 23.5. The number of furan rings is 1. The lowest BCUT2D eigenvalue weighted by atomic mass is 9.93. The Morgan fingerprint density at radius 3 is 2.62 bits per heavy atom. The highest BCUT2D eigenvalue weighted by atomic mass is 32.1. The molecule has 0 aliphatic rings. The lowest BCUT2D eigenvalue weighted by Crippen LogP contribution is -2.27. The minimum Gasteiger partial charge on any atom is -0.484 e. The molecule has 0 fully saturated rings. The van der Waals surface area contributed by atoms with Gasteiger partial charge in [0, 0.05) is 53.9 Å². The van der Waals surface area contributed by atoms with Gasteiger partial charge in [-0.2, -0.15) is 0 Å². The molecular weight excluding hydrogens is 514 g/mol. The van der Waals surface area contributed by atoms with Gasteiger partial charge in [-0.3, -0.25) is 9.59 Å². The second-order valence-corrected chi connectivity index (χ2v) is 11.7. The molecule has 0 saturated heterocycles. The molecule has 3 aromatic heterocycles. The number of hydrogen-bond acceptors (Lipinski definition) is 6. The summed E-state index contributed by atoms with van der Waals surface area (Å²) in [5.74, 6) is 0.206. The molecule has 5 rings (SSSR count). The quantitative estimate of drug-likeness (QED) is 0.259. The first-order chi connectivity index (χ1) is 18.5. The maximum atomic E-state index is 11.9. The van der Waals surface area contributed by atoms with Gasteiger partial charge in [-0.15, -0.1) is 11.3 Å². The standard InChI is InChI=1S/C30H31N3O5S/c1-30(2,3)26-17-39-29(31-26)25-11-19-10-18(6-9-24(19)38-25)14-33-15-20(12-28(35)36)22-13-21(7-8-23(22)33)37-16-27(34)32(4)5/h6-11,13,15,17H,12,14,16H2,1-5H3,(H,35,36). The first-order valence-electron chi connectivity index (χ1n) is 12.6. The summed E-state index contributed by atoms with van der Waals surface area (Å²) in [4.78, 5) is 29.7. The number of nitrogens with zero attached hydrogens (tertiary/aromatic N) is 3. The predicted octanol–water partition coefficient (Wildman–Crippen LogP) is 5.95. The van der Waals surface area contributed by atoms with Crippen LogP contribution in [0.25, 0.3) is 32.6 Å². The van der Waals surface area contributed by atoms with Crippen LogP contribution in [-0.4, -0.2) is 52.1 Å². The van der Waals surface area contributed by atoms with Crippen LogP contribution in [-0.2, 0) is 28.0 Å². The van der Waals surface area contributed by atoms with E-state index >= 15 is 0 Å². The first-order valence-corrected chi connectivity index (χ1v) is 13.5. The van der Waals surface area contributed by atoms with Crippen LogP contribution in [0.2, 0.25) is 0 Å². The lowest BCUT2D eigenvalue weighted by Gasteiger charge is -2.13. The molecule has 8 nitrogen and oxygen atoms in total. The maximum Gasteiger partial charge on any atom is 0.307 e. The molecule has 202 valence electrons. The molecule has 0 radical (unpaired) electrons. The molecule has 1 amide bonds. The number of rotatable bonds is 8. The summed E-state index contributed by atoms with van der Waals surface area (Å²) >= 11 is 1.58. The topological polar surface area (TPSA) is 97.8 Å². The van der Waals surface area contributed by atoms with Crippen molar-refractivity contribution in [2.75, 3.05) is 20.7 Å². The van der Waals surface area contributed by atoms with Crippen molar-refractivity contribution in [2.45, 2.75) is 39.2 Å². The second-order valence-electron chi connectivity index (χ2n) is 10.9. The Morgan fingerprint density at radius 1 is 1.13 bits per heavy atom. The third kappa shape index (κ3) is 5.68. The summed E-state index contributed by atoms with van der Waals surface area (Å²) in [6.07, 6.45) is 1.76. The maximum absolute atomic E-state index is 11.9. The van der Waals surface area contributed by atoms with Gasteiger partial charge in [0.05, 0.1) is 12.1 Å². The SMILES string of the molecule is CN(C)C(=O)COc1ccc2c(c1)c(CC(=O)O)cn2Cc1ccc2oc(-c3nc(C(C)(C)C)cs3)cc2c1. The van der Waals surface area contributed by atoms with Gasteiger partial charge >= 0.3 is 5.97 Å². The number of likely N-dealkylation sites (N-methyl/N-ethyl adjacent to an activating group) is 1. The third-order valence-corrected chi connectivity index (χ3v) is 7.41. The number of hydrogen-bond donors (Lipinski definition) is 1. The average molecular weight is 546 g/mol. The normalized spacial score (nSPS) is 11.8. The summed E-state index contributed by atoms with van der Waals surface area (Å²) in [5, 5.41) is 14.2. The van der Waals surface area contributed by atoms with Crippen molar-refractivity contribution < 1.29 is 23.8 Å². The Morgan fingerprint density at radius 2 is 1.92 bits per heavy atom. The summed E-state index contributed by atoms with van der Waals surface area (Å²) in [6, 6.07) is 13.6. The Balaban J connectivity index is 1.43. The average Bonchev–Trinajstić information content (AvgIpc) is 3.59. The second kappa shape index (κ2) is 10.2. The summed E-state index contributed by atoms with van der Waals surface area (Å²) in [6.45, 7) is 6.90. The van der Waals surface area contributed by atoms with Crippen molar-refractivity contribution in [2.24, 2.45) is 0 Å². The monoisotopic (exact) mass is 545 g/mol. The van der Waals surface area contributed by atoms with E-state index in [-0.39, 0.29) is 24.3 Å². The van der Waals surface area contributed by atoms with Gasteiger partial charge in [-0.1, -0.05) is 26.8 Å². The molecule has 0 spiro atoms. The molecule has 3 heterocycles. The fourth-order valence-corrected chi connectivity index (χ4v) is 5.37. The van der Waals surface area contributed by atoms with Gasteiger partial charge in [-0.05, 0) is 47.5 Å². The van der Waals surface area contributed by atoms with Crippen molar-refractivity contribution in [1.82, 2.24) is 14.5 Å². The summed E-state index contributed by atoms with van der Waals surface area (Å²) < 4.78 is 13.8. The number of carbonyl (C=O) groups is 2. The number of amides is 1. The Kier molecular flexibility index (Phi) is 6.94. The fourth-order valence-electron chi connectivity index (χ4n) is 4.37. The van der Waals surface area contributed by atoms with Gasteiger partial charge in [0.1, 0.15) is 11.3 Å². The van der Waals surface area contributed by atoms with Crippen LogP contribution in [0.3, 0.4) is 0 Å². The van der Waals surface area contributed by atoms with Gasteiger partial charge < -0.3 is 23.7 Å². The molecular formula is C30H31N3O5S. The van der Waals surface area contributed by atoms with Crippen molar-refractivity contribution in [3.05, 3.63) is 70.9 Å². The molecule has 1 N–H and O–H groups in total. The molecule has 0 aliphatic heterocycles. The van der Waals surface area contributed by atoms with E-state index < -0.39 is 5.97 Å². The molecule has 0 unspecified atom stereocenters. The Bertz CT molecular complexity index is 1690. The van der Waals surface area contributed by atoms with E-state index in [1.165, 1.54) is 4.90 Å². The number of thiazole rings is 1. The molecule has 5 aromatic rings. The highest BCUT2D eigenvalue weighted by molar-refractivity contribution is 7.13. The number of benzene rings is 2. The molecule has 0 bridgehead atoms. The largest absolute Gasteiger partial charge is 0.484 e. The minimum absolute atomic E-state index is 0.0243. The fraction of sp³-hybridized carbons (Fsp3) is 0.300. The number of carbonyl (C=O) groups excluding carboxylic acids is 1. The molecule has 9 heteroatoms. The highest BCUT2D eigenvalue weighted by Gasteiger charge is 2.20. The number of ether oxygens (including phenoxy) is 1. The first kappa shape index (κ1) is 26.5. The number of aromatic nitrogens is 2. The van der Waals surface area contributed by atoms with E-state index in [0.717, 1.165) is 43.9 Å². The summed E-state index contributed by atoms with van der Waals surface area (Å²) in [5.41, 5.74) is 4.44. The Hall–Kier alpha value is -4.11. The number of aliphatic carboxylic acids is 1. The molecule has 0 atom stereocenters. The lowest BCUT2D eigenvalue weighted by molar-refractivity contribution is -0.136. The van der Waals surface area contributed by atoms with Gasteiger partial charge in [0.15, 0.2) is 17.4 Å². The van der Waals surface area contributed by atoms with E-state index in [1.807, 2.05) is 35.0 Å². The highest BCUT2D eigenvalue weighted by Crippen LogP contribution is 2.34. The molecule has 0 aliphatic carbocycles. The summed E-state index contributed by atoms with van der Waals surface area (Å²) in [7, 11) is 3.34. The van der Waals surface area contributed by atoms with Crippen molar-refractivity contribution >= 4 is 45.1 Å². The van der Waals surface area contributed by atoms with Gasteiger partial charge in [-0.25, -0.2) is 4.98 Å². The van der Waals surface area contributed by atoms with E-state index in [4.69, 9.17) is 14.1 Å². The van der Waals surface area contributed by atoms with Gasteiger partial charge in [0.25, 0.3) is 5.91 Å². The van der Waals surface area contributed by atoms with E-state index in [9.17, 15) is 14.7 Å². The van der Waals surface area contributed by atoms with E-state index in [0.29, 0.717) is 17.9 Å². The number of fused-ring (bicyclic) bond motifs is 2. The van der Waals surface area contributed by atoms with E-state index in [1.54, 1.807) is 37.6 Å². The zero-order valence-electron chi connectivity index (χ0n) is 22.6. The predicted molar refractivity (Wildman–Crippen MR) is 153 cm³/mol. The molecule has 0 saturated carbocycles. The molecule has 2 aromatic carbocycles. The molecule has 39 heavy (non-hydrogen) atoms. The van der Waals surface area contributed by atoms with Crippen LogP contribution in [0.1, 0.15) is 37.6 Å². The van der Waals surface area contributed by atoms with Crippen molar-refractivity contribution in [3.63, 3.8) is 0 Å². The van der Waals surface area contributed by atoms with Crippen LogP contribution in [0.15, 0.2) is 58.5 Å². The third-order valence-electron chi connectivity index (χ3n) is 6.55. The number of carboxylic acids is 1. The van der Waals surface area contributed by atoms with Crippen molar-refractivity contribution in [1.29, 1.82) is 0 Å². The zero-order chi connectivity index (χ0) is 27.9. The van der Waals surface area contributed by atoms with Crippen molar-refractivity contribution in [3.8, 4) is 16.5 Å². The Labute approximate surface area is 230 Å². The number of carboxylic acid groups (broad SMARTS) is 1. The smallest absolute Gasteiger partial charge is 0.307 e. The van der Waals surface area contributed by atoms with Crippen LogP contribution in [0, 0.1) is 0 Å². The van der Waals surface area contributed by atoms with Gasteiger partial charge in [0.2, 0.25) is 0 Å².